The number of nitrogens with two attached hydrogens (primary N) is 1. The smallest absolute Gasteiger partial charge is 0.270 e. The predicted octanol–water partition coefficient (Wildman–Crippen LogP) is 7.28. The highest BCUT2D eigenvalue weighted by molar-refractivity contribution is 6.00. The van der Waals surface area contributed by atoms with Gasteiger partial charge in [0.2, 0.25) is 23.6 Å². The highest BCUT2D eigenvalue weighted by atomic mass is 16.2. The van der Waals surface area contributed by atoms with Crippen molar-refractivity contribution >= 4 is 41.4 Å². The Labute approximate surface area is 485 Å². The quantitative estimate of drug-likeness (QED) is 0.0473. The van der Waals surface area contributed by atoms with Crippen molar-refractivity contribution in [3.63, 3.8) is 0 Å². The molecule has 6 atom stereocenters. The van der Waals surface area contributed by atoms with Gasteiger partial charge in [-0.1, -0.05) is 124 Å². The number of benzene rings is 4. The fourth-order valence-electron chi connectivity index (χ4n) is 12.3. The first kappa shape index (κ1) is 60.9. The van der Waals surface area contributed by atoms with Gasteiger partial charge in [-0.25, -0.2) is 0 Å². The van der Waals surface area contributed by atoms with Gasteiger partial charge in [0.1, 0.15) is 5.70 Å². The summed E-state index contributed by atoms with van der Waals surface area (Å²) >= 11 is 0. The van der Waals surface area contributed by atoms with E-state index in [9.17, 15) is 33.6 Å². The van der Waals surface area contributed by atoms with E-state index in [-0.39, 0.29) is 79.0 Å². The van der Waals surface area contributed by atoms with Crippen LogP contribution in [-0.2, 0) is 36.8 Å². The van der Waals surface area contributed by atoms with Gasteiger partial charge in [-0.15, -0.1) is 0 Å². The Morgan fingerprint density at radius 3 is 1.51 bits per heavy atom. The van der Waals surface area contributed by atoms with E-state index < -0.39 is 23.9 Å². The highest BCUT2D eigenvalue weighted by Crippen LogP contribution is 2.33. The Kier molecular flexibility index (Phi) is 22.1. The van der Waals surface area contributed by atoms with Crippen LogP contribution in [0.1, 0.15) is 130 Å². The molecule has 0 unspecified atom stereocenters. The fraction of sp³-hybridized carbons (Fsp3) is 0.500. The Bertz CT molecular complexity index is 2830. The van der Waals surface area contributed by atoms with Crippen LogP contribution in [0.5, 0.6) is 0 Å². The molecule has 438 valence electrons. The number of amides is 7. The molecule has 16 heteroatoms. The van der Waals surface area contributed by atoms with Gasteiger partial charge in [-0.2, -0.15) is 0 Å². The van der Waals surface area contributed by atoms with Gasteiger partial charge in [0.25, 0.3) is 17.7 Å². The molecule has 4 aliphatic rings. The molecule has 82 heavy (non-hydrogen) atoms. The maximum Gasteiger partial charge on any atom is 0.270 e. The molecule has 0 bridgehead atoms. The summed E-state index contributed by atoms with van der Waals surface area (Å²) in [5.74, 6) is -1.33. The van der Waals surface area contributed by atoms with Gasteiger partial charge in [0, 0.05) is 50.4 Å². The zero-order chi connectivity index (χ0) is 58.1. The minimum Gasteiger partial charge on any atom is -0.343 e. The molecule has 0 radical (unpaired) electrons. The number of carbonyl (C=O) groups is 7. The summed E-state index contributed by atoms with van der Waals surface area (Å²) in [5.41, 5.74) is 12.5. The molecule has 4 fully saturated rings. The van der Waals surface area contributed by atoms with Crippen LogP contribution in [0.15, 0.2) is 120 Å². The van der Waals surface area contributed by atoms with E-state index in [0.29, 0.717) is 62.4 Å². The molecule has 2 aliphatic heterocycles. The molecular weight excluding hydrogens is 1030 g/mol. The Morgan fingerprint density at radius 1 is 0.585 bits per heavy atom. The molecule has 0 aromatic heterocycles. The molecule has 8 rings (SSSR count). The van der Waals surface area contributed by atoms with Crippen LogP contribution in [0, 0.1) is 17.8 Å². The molecule has 6 N–H and O–H groups in total. The lowest BCUT2D eigenvalue weighted by Gasteiger charge is -2.36. The zero-order valence-corrected chi connectivity index (χ0v) is 48.7. The number of hydrogen-bond acceptors (Lipinski definition) is 9. The summed E-state index contributed by atoms with van der Waals surface area (Å²) in [6.45, 7) is 8.13. The second kappa shape index (κ2) is 29.7. The van der Waals surface area contributed by atoms with Crippen LogP contribution < -0.4 is 27.0 Å². The molecule has 0 spiro atoms. The second-order valence-electron chi connectivity index (χ2n) is 23.3. The maximum atomic E-state index is 14.6. The standard InChI is InChI=1S/C66H87N9O7/c1-45-33-39-74(65(81)60(67)52-21-13-7-14-22-52)56(45)43-72(37-35-48-17-9-5-10-18-48)58(76)41-69-63(79)54-29-25-50(26-30-54)51-27-31-55(32-28-51)64(80)70-42-59(77)73(38-36-49-19-11-6-12-20-49)44-57-46(2)34-40-75(57)66(82)61(53-23-15-8-16-24-53)71-62(78)47(3)68-4/h5-6,9-12,17-20,25-32,45-47,52,56-57,60,68H,7-8,13-16,21-24,33-44,67H2,1-4H3,(H,69,79)(H,70,80)(H,71,78)/t45-,46-,47-,56+,57+,60-/m0/s1. The zero-order valence-electron chi connectivity index (χ0n) is 48.7. The molecule has 4 aromatic carbocycles. The van der Waals surface area contributed by atoms with E-state index in [2.05, 4.69) is 35.1 Å². The Morgan fingerprint density at radius 2 is 1.04 bits per heavy atom. The van der Waals surface area contributed by atoms with Crippen LogP contribution in [0.2, 0.25) is 0 Å². The predicted molar refractivity (Wildman–Crippen MR) is 320 cm³/mol. The third kappa shape index (κ3) is 16.1. The van der Waals surface area contributed by atoms with Crippen molar-refractivity contribution in [3.8, 4) is 11.1 Å². The molecule has 2 saturated heterocycles. The van der Waals surface area contributed by atoms with Gasteiger partial charge >= 0.3 is 0 Å². The molecule has 2 aliphatic carbocycles. The largest absolute Gasteiger partial charge is 0.343 e. The lowest BCUT2D eigenvalue weighted by molar-refractivity contribution is -0.138. The molecule has 2 saturated carbocycles. The summed E-state index contributed by atoms with van der Waals surface area (Å²) in [4.78, 5) is 105. The van der Waals surface area contributed by atoms with E-state index in [4.69, 9.17) is 5.73 Å². The normalized spacial score (nSPS) is 19.9. The van der Waals surface area contributed by atoms with E-state index in [1.807, 2.05) is 94.7 Å². The van der Waals surface area contributed by atoms with Crippen LogP contribution in [0.4, 0.5) is 0 Å². The van der Waals surface area contributed by atoms with Gasteiger partial charge in [-0.3, -0.25) is 33.6 Å². The Hall–Kier alpha value is -7.17. The molecule has 7 amide bonds. The van der Waals surface area contributed by atoms with Gasteiger partial charge in [0.05, 0.1) is 37.3 Å². The minimum absolute atomic E-state index is 0.0204. The summed E-state index contributed by atoms with van der Waals surface area (Å²) in [7, 11) is 1.71. The van der Waals surface area contributed by atoms with Crippen LogP contribution in [0.25, 0.3) is 11.1 Å². The summed E-state index contributed by atoms with van der Waals surface area (Å²) in [5, 5.41) is 11.7. The molecule has 2 heterocycles. The third-order valence-electron chi connectivity index (χ3n) is 17.8. The molecule has 4 aromatic rings. The van der Waals surface area contributed by atoms with Crippen LogP contribution >= 0.6 is 0 Å². The van der Waals surface area contributed by atoms with Gasteiger partial charge in [-0.05, 0) is 148 Å². The number of rotatable bonds is 23. The van der Waals surface area contributed by atoms with Crippen molar-refractivity contribution in [1.82, 2.24) is 40.9 Å². The van der Waals surface area contributed by atoms with Crippen molar-refractivity contribution in [3.05, 3.63) is 143 Å². The number of hydrogen-bond donors (Lipinski definition) is 5. The lowest BCUT2D eigenvalue weighted by atomic mass is 9.83. The second-order valence-corrected chi connectivity index (χ2v) is 23.3. The van der Waals surface area contributed by atoms with E-state index in [1.54, 1.807) is 48.0 Å². The van der Waals surface area contributed by atoms with E-state index >= 15 is 0 Å². The summed E-state index contributed by atoms with van der Waals surface area (Å²) in [6, 6.07) is 32.5. The van der Waals surface area contributed by atoms with Crippen molar-refractivity contribution < 1.29 is 33.6 Å². The Balaban J connectivity index is 0.870. The number of likely N-dealkylation sites (tertiary alicyclic amines) is 2. The number of likely N-dealkylation sites (N-methyl/N-ethyl adjacent to an activating group) is 1. The number of allylic oxidation sites excluding steroid dienone is 1. The first-order valence-corrected chi connectivity index (χ1v) is 30.2. The van der Waals surface area contributed by atoms with Crippen molar-refractivity contribution in [2.24, 2.45) is 23.5 Å². The number of nitrogens with zero attached hydrogens (tertiary/aromatic N) is 4. The topological polar surface area (TPSA) is 207 Å². The van der Waals surface area contributed by atoms with Crippen molar-refractivity contribution in [2.75, 3.05) is 59.4 Å². The van der Waals surface area contributed by atoms with E-state index in [1.165, 1.54) is 6.42 Å². The number of nitrogens with one attached hydrogen (secondary N) is 4. The molecular formula is C66H87N9O7. The summed E-state index contributed by atoms with van der Waals surface area (Å²) in [6.07, 6.45) is 12.6. The minimum atomic E-state index is -0.540. The maximum absolute atomic E-state index is 14.6. The third-order valence-corrected chi connectivity index (χ3v) is 17.8. The fourth-order valence-corrected chi connectivity index (χ4v) is 12.3. The number of carbonyl (C=O) groups excluding carboxylic acids is 7. The monoisotopic (exact) mass is 1120 g/mol. The van der Waals surface area contributed by atoms with Crippen LogP contribution in [-0.4, -0.2) is 145 Å². The van der Waals surface area contributed by atoms with E-state index in [0.717, 1.165) is 98.5 Å². The highest BCUT2D eigenvalue weighted by Gasteiger charge is 2.41. The average molecular weight is 1120 g/mol. The molecule has 16 nitrogen and oxygen atoms in total. The summed E-state index contributed by atoms with van der Waals surface area (Å²) < 4.78 is 0. The van der Waals surface area contributed by atoms with Gasteiger partial charge in [0.15, 0.2) is 0 Å². The first-order valence-electron chi connectivity index (χ1n) is 30.2. The SMILES string of the molecule is CN[C@@H](C)C(=O)NC(C(=O)N1CC[C@H](C)[C@H]1CN(CCc1ccccc1)C(=O)CNC(=O)c1ccc(-c2ccc(C(=O)NCC(=O)N(CCc3ccccc3)C[C@@H]3[C@@H](C)CCN3C(=O)[C@@H](N)C3CCCCC3)cc2)cc1)=C1CCCCC1. The van der Waals surface area contributed by atoms with Gasteiger partial charge < -0.3 is 46.6 Å². The van der Waals surface area contributed by atoms with Crippen molar-refractivity contribution in [1.29, 1.82) is 0 Å². The first-order chi connectivity index (χ1) is 39.7. The van der Waals surface area contributed by atoms with Crippen molar-refractivity contribution in [2.45, 2.75) is 135 Å². The van der Waals surface area contributed by atoms with Crippen LogP contribution in [0.3, 0.4) is 0 Å². The average Bonchev–Trinajstić information content (AvgIpc) is 4.31. The lowest BCUT2D eigenvalue weighted by Crippen LogP contribution is -2.54.